The highest BCUT2D eigenvalue weighted by atomic mass is 35.5. The monoisotopic (exact) mass is 339 g/mol. The van der Waals surface area contributed by atoms with Gasteiger partial charge >= 0.3 is 5.97 Å². The molecule has 4 nitrogen and oxygen atoms in total. The Morgan fingerprint density at radius 2 is 1.95 bits per heavy atom. The van der Waals surface area contributed by atoms with E-state index >= 15 is 0 Å². The van der Waals surface area contributed by atoms with E-state index in [4.69, 9.17) is 28.3 Å². The lowest BCUT2D eigenvalue weighted by molar-refractivity contribution is -0.137. The van der Waals surface area contributed by atoms with Crippen molar-refractivity contribution >= 4 is 51.0 Å². The number of carboxylic acid groups (broad SMARTS) is 1. The molecule has 0 amide bonds. The van der Waals surface area contributed by atoms with Crippen LogP contribution in [0.2, 0.25) is 10.0 Å². The van der Waals surface area contributed by atoms with E-state index in [0.29, 0.717) is 0 Å². The second-order valence-corrected chi connectivity index (χ2v) is 5.49. The van der Waals surface area contributed by atoms with Gasteiger partial charge < -0.3 is 9.67 Å². The molecule has 0 radical (unpaired) electrons. The number of carbonyl (C=O) groups is 1. The molecule has 0 aliphatic carbocycles. The fourth-order valence-electron chi connectivity index (χ4n) is 2.50. The minimum Gasteiger partial charge on any atom is -0.480 e. The number of benzene rings is 2. The Balaban J connectivity index is 2.66. The number of aromatic nitrogens is 1. The summed E-state index contributed by atoms with van der Waals surface area (Å²) in [5, 5.41) is 9.31. The quantitative estimate of drug-likeness (QED) is 0.724. The summed E-state index contributed by atoms with van der Waals surface area (Å²) in [7, 11) is 0. The molecule has 0 saturated heterocycles. The number of hydrogen-bond acceptors (Lipinski definition) is 2. The number of pyridine rings is 1. The van der Waals surface area contributed by atoms with E-state index < -0.39 is 23.8 Å². The van der Waals surface area contributed by atoms with Crippen molar-refractivity contribution in [3.05, 3.63) is 56.4 Å². The van der Waals surface area contributed by atoms with Gasteiger partial charge in [-0.3, -0.25) is 9.59 Å². The smallest absolute Gasteiger partial charge is 0.323 e. The van der Waals surface area contributed by atoms with Gasteiger partial charge in [-0.25, -0.2) is 4.39 Å². The van der Waals surface area contributed by atoms with Crippen LogP contribution >= 0.6 is 23.2 Å². The van der Waals surface area contributed by atoms with Crippen LogP contribution in [0.4, 0.5) is 4.39 Å². The summed E-state index contributed by atoms with van der Waals surface area (Å²) >= 11 is 12.1. The molecule has 0 aliphatic rings. The van der Waals surface area contributed by atoms with Crippen molar-refractivity contribution in [2.75, 3.05) is 0 Å². The Morgan fingerprint density at radius 3 is 2.64 bits per heavy atom. The number of aliphatic carboxylic acids is 1. The lowest BCUT2D eigenvalue weighted by Crippen LogP contribution is -2.17. The number of hydrogen-bond donors (Lipinski definition) is 1. The van der Waals surface area contributed by atoms with Crippen molar-refractivity contribution in [3.63, 3.8) is 0 Å². The van der Waals surface area contributed by atoms with Crippen LogP contribution in [0.1, 0.15) is 0 Å². The van der Waals surface area contributed by atoms with Crippen LogP contribution in [-0.4, -0.2) is 15.6 Å². The predicted octanol–water partition coefficient (Wildman–Crippen LogP) is 3.69. The van der Waals surface area contributed by atoms with E-state index in [1.54, 1.807) is 0 Å². The summed E-state index contributed by atoms with van der Waals surface area (Å²) in [6.07, 6.45) is 0. The number of nitrogens with zero attached hydrogens (tertiary/aromatic N) is 1. The van der Waals surface area contributed by atoms with Crippen molar-refractivity contribution in [2.24, 2.45) is 0 Å². The van der Waals surface area contributed by atoms with Crippen molar-refractivity contribution in [1.82, 2.24) is 4.57 Å². The van der Waals surface area contributed by atoms with E-state index in [2.05, 4.69) is 0 Å². The van der Waals surface area contributed by atoms with Gasteiger partial charge in [0.2, 0.25) is 0 Å². The Bertz CT molecular complexity index is 998. The molecule has 0 fully saturated rings. The molecule has 0 aliphatic heterocycles. The summed E-state index contributed by atoms with van der Waals surface area (Å²) in [6, 6.07) is 6.86. The molecular formula is C15H8Cl2FNO3. The van der Waals surface area contributed by atoms with Crippen LogP contribution in [0.15, 0.2) is 35.1 Å². The average molecular weight is 340 g/mol. The van der Waals surface area contributed by atoms with Gasteiger partial charge in [-0.15, -0.1) is 0 Å². The zero-order chi connectivity index (χ0) is 16.0. The Kier molecular flexibility index (Phi) is 3.54. The summed E-state index contributed by atoms with van der Waals surface area (Å²) < 4.78 is 15.3. The van der Waals surface area contributed by atoms with Crippen molar-refractivity contribution in [2.45, 2.75) is 6.54 Å². The molecule has 0 spiro atoms. The molecule has 2 aromatic carbocycles. The topological polar surface area (TPSA) is 59.3 Å². The van der Waals surface area contributed by atoms with Crippen molar-refractivity contribution in [3.8, 4) is 0 Å². The second kappa shape index (κ2) is 5.26. The van der Waals surface area contributed by atoms with E-state index in [1.807, 2.05) is 0 Å². The van der Waals surface area contributed by atoms with Gasteiger partial charge in [0.15, 0.2) is 5.43 Å². The maximum atomic E-state index is 14.1. The third-order valence-electron chi connectivity index (χ3n) is 3.39. The molecular weight excluding hydrogens is 332 g/mol. The molecule has 0 bridgehead atoms. The predicted molar refractivity (Wildman–Crippen MR) is 83.3 cm³/mol. The van der Waals surface area contributed by atoms with E-state index in [9.17, 15) is 14.0 Å². The number of fused-ring (bicyclic) bond motifs is 2. The molecule has 112 valence electrons. The average Bonchev–Trinajstić information content (AvgIpc) is 2.46. The third-order valence-corrected chi connectivity index (χ3v) is 4.18. The standard InChI is InChI=1S/C15H8Cl2FNO3/c16-8-5-4-7-14(13(8)17)19(6-11(20)21)10-3-1-2-9(18)12(10)15(7)22/h1-5H,6H2,(H,20,21). The Hall–Kier alpha value is -2.11. The number of carboxylic acids is 1. The first kappa shape index (κ1) is 14.8. The minimum absolute atomic E-state index is 0.0590. The first-order valence-electron chi connectivity index (χ1n) is 6.22. The molecule has 0 unspecified atom stereocenters. The van der Waals surface area contributed by atoms with Crippen LogP contribution < -0.4 is 5.43 Å². The van der Waals surface area contributed by atoms with Crippen LogP contribution in [0.25, 0.3) is 21.8 Å². The Labute approximate surface area is 133 Å². The summed E-state index contributed by atoms with van der Waals surface area (Å²) in [5.74, 6) is -1.86. The molecule has 1 N–H and O–H groups in total. The largest absolute Gasteiger partial charge is 0.480 e. The molecule has 7 heteroatoms. The van der Waals surface area contributed by atoms with Crippen LogP contribution in [0.5, 0.6) is 0 Å². The second-order valence-electron chi connectivity index (χ2n) is 4.70. The molecule has 0 atom stereocenters. The lowest BCUT2D eigenvalue weighted by Gasteiger charge is -2.15. The fourth-order valence-corrected chi connectivity index (χ4v) is 2.92. The molecule has 22 heavy (non-hydrogen) atoms. The molecule has 3 aromatic rings. The van der Waals surface area contributed by atoms with Gasteiger partial charge in [-0.1, -0.05) is 29.3 Å². The van der Waals surface area contributed by atoms with E-state index in [1.165, 1.54) is 28.8 Å². The summed E-state index contributed by atoms with van der Waals surface area (Å²) in [6.45, 7) is -0.475. The van der Waals surface area contributed by atoms with Gasteiger partial charge in [0, 0.05) is 5.39 Å². The molecule has 3 rings (SSSR count). The van der Waals surface area contributed by atoms with Gasteiger partial charge in [-0.2, -0.15) is 0 Å². The highest BCUT2D eigenvalue weighted by Gasteiger charge is 2.18. The van der Waals surface area contributed by atoms with Gasteiger partial charge in [0.1, 0.15) is 12.4 Å². The normalized spacial score (nSPS) is 11.2. The van der Waals surface area contributed by atoms with Gasteiger partial charge in [0.25, 0.3) is 0 Å². The number of rotatable bonds is 2. The highest BCUT2D eigenvalue weighted by Crippen LogP contribution is 2.32. The SMILES string of the molecule is O=C(O)Cn1c2cccc(F)c2c(=O)c2ccc(Cl)c(Cl)c21. The zero-order valence-corrected chi connectivity index (χ0v) is 12.5. The van der Waals surface area contributed by atoms with Crippen molar-refractivity contribution < 1.29 is 14.3 Å². The Morgan fingerprint density at radius 1 is 1.23 bits per heavy atom. The molecule has 1 aromatic heterocycles. The van der Waals surface area contributed by atoms with Gasteiger partial charge in [0.05, 0.1) is 26.5 Å². The maximum Gasteiger partial charge on any atom is 0.323 e. The first-order valence-corrected chi connectivity index (χ1v) is 6.98. The minimum atomic E-state index is -1.15. The summed E-state index contributed by atoms with van der Waals surface area (Å²) in [4.78, 5) is 23.7. The van der Waals surface area contributed by atoms with Crippen molar-refractivity contribution in [1.29, 1.82) is 0 Å². The lowest BCUT2D eigenvalue weighted by atomic mass is 10.1. The molecule has 0 saturated carbocycles. The third kappa shape index (κ3) is 2.14. The van der Waals surface area contributed by atoms with E-state index in [0.717, 1.165) is 6.07 Å². The number of halogens is 3. The fraction of sp³-hybridized carbons (Fsp3) is 0.0667. The maximum absolute atomic E-state index is 14.1. The highest BCUT2D eigenvalue weighted by molar-refractivity contribution is 6.45. The first-order chi connectivity index (χ1) is 10.4. The van der Waals surface area contributed by atoms with E-state index in [-0.39, 0.29) is 31.9 Å². The van der Waals surface area contributed by atoms with Crippen LogP contribution in [0, 0.1) is 5.82 Å². The molecule has 1 heterocycles. The zero-order valence-electron chi connectivity index (χ0n) is 10.9. The van der Waals surface area contributed by atoms with Crippen LogP contribution in [0.3, 0.4) is 0 Å². The van der Waals surface area contributed by atoms with Gasteiger partial charge in [-0.05, 0) is 24.3 Å². The van der Waals surface area contributed by atoms with Crippen LogP contribution in [-0.2, 0) is 11.3 Å². The summed E-state index contributed by atoms with van der Waals surface area (Å²) in [5.41, 5.74) is -0.216.